The second-order valence-corrected chi connectivity index (χ2v) is 4.14. The lowest BCUT2D eigenvalue weighted by Crippen LogP contribution is -2.09. The predicted octanol–water partition coefficient (Wildman–Crippen LogP) is 2.08. The van der Waals surface area contributed by atoms with E-state index >= 15 is 0 Å². The lowest BCUT2D eigenvalue weighted by Gasteiger charge is -2.11. The molecule has 0 saturated carbocycles. The molecule has 1 aromatic heterocycles. The SMILES string of the molecule is CCOCCOc1cc(CN)cc(C(C)C)n1. The normalized spacial score (nSPS) is 10.9. The third kappa shape index (κ3) is 4.71. The van der Waals surface area contributed by atoms with Crippen LogP contribution in [0, 0.1) is 0 Å². The van der Waals surface area contributed by atoms with Gasteiger partial charge in [-0.25, -0.2) is 4.98 Å². The fraction of sp³-hybridized carbons (Fsp3) is 0.615. The molecule has 0 spiro atoms. The van der Waals surface area contributed by atoms with Gasteiger partial charge in [0.15, 0.2) is 0 Å². The molecule has 0 aromatic carbocycles. The van der Waals surface area contributed by atoms with E-state index in [1.807, 2.05) is 19.1 Å². The van der Waals surface area contributed by atoms with Crippen molar-refractivity contribution in [3.05, 3.63) is 23.4 Å². The van der Waals surface area contributed by atoms with Crippen molar-refractivity contribution in [2.45, 2.75) is 33.2 Å². The molecule has 0 radical (unpaired) electrons. The van der Waals surface area contributed by atoms with Gasteiger partial charge in [-0.15, -0.1) is 0 Å². The van der Waals surface area contributed by atoms with E-state index in [9.17, 15) is 0 Å². The largest absolute Gasteiger partial charge is 0.475 e. The Labute approximate surface area is 103 Å². The number of nitrogens with two attached hydrogens (primary N) is 1. The van der Waals surface area contributed by atoms with Crippen LogP contribution < -0.4 is 10.5 Å². The Hall–Kier alpha value is -1.13. The average Bonchev–Trinajstić information content (AvgIpc) is 2.34. The molecule has 0 aliphatic carbocycles. The maximum Gasteiger partial charge on any atom is 0.213 e. The van der Waals surface area contributed by atoms with Gasteiger partial charge in [0.25, 0.3) is 0 Å². The molecule has 1 heterocycles. The summed E-state index contributed by atoms with van der Waals surface area (Å²) in [6, 6.07) is 3.91. The van der Waals surface area contributed by atoms with Gasteiger partial charge in [-0.3, -0.25) is 0 Å². The minimum absolute atomic E-state index is 0.371. The standard InChI is InChI=1S/C13H22N2O2/c1-4-16-5-6-17-13-8-11(9-14)7-12(15-13)10(2)3/h7-8,10H,4-6,9,14H2,1-3H3. The minimum atomic E-state index is 0.371. The first-order valence-corrected chi connectivity index (χ1v) is 6.08. The van der Waals surface area contributed by atoms with Crippen molar-refractivity contribution in [3.8, 4) is 5.88 Å². The molecule has 4 nitrogen and oxygen atoms in total. The fourth-order valence-electron chi connectivity index (χ4n) is 1.42. The maximum atomic E-state index is 5.66. The van der Waals surface area contributed by atoms with Gasteiger partial charge in [-0.05, 0) is 24.5 Å². The predicted molar refractivity (Wildman–Crippen MR) is 68.2 cm³/mol. The van der Waals surface area contributed by atoms with Crippen LogP contribution in [0.15, 0.2) is 12.1 Å². The van der Waals surface area contributed by atoms with Gasteiger partial charge in [0.2, 0.25) is 5.88 Å². The van der Waals surface area contributed by atoms with E-state index in [-0.39, 0.29) is 0 Å². The zero-order valence-electron chi connectivity index (χ0n) is 10.9. The van der Waals surface area contributed by atoms with Gasteiger partial charge in [-0.1, -0.05) is 13.8 Å². The molecular formula is C13H22N2O2. The Kier molecular flexibility index (Phi) is 5.94. The molecule has 0 atom stereocenters. The Bertz CT molecular complexity index is 340. The van der Waals surface area contributed by atoms with Crippen LogP contribution in [0.25, 0.3) is 0 Å². The zero-order valence-corrected chi connectivity index (χ0v) is 10.9. The van der Waals surface area contributed by atoms with Crippen LogP contribution in [0.4, 0.5) is 0 Å². The molecule has 0 saturated heterocycles. The molecule has 0 unspecified atom stereocenters. The molecule has 1 aromatic rings. The third-order valence-corrected chi connectivity index (χ3v) is 2.39. The summed E-state index contributed by atoms with van der Waals surface area (Å²) in [5, 5.41) is 0. The van der Waals surface area contributed by atoms with Crippen molar-refractivity contribution in [2.75, 3.05) is 19.8 Å². The first-order chi connectivity index (χ1) is 8.17. The van der Waals surface area contributed by atoms with Crippen molar-refractivity contribution in [2.24, 2.45) is 5.73 Å². The molecule has 0 aliphatic rings. The first-order valence-electron chi connectivity index (χ1n) is 6.08. The van der Waals surface area contributed by atoms with E-state index in [0.29, 0.717) is 38.2 Å². The summed E-state index contributed by atoms with van der Waals surface area (Å²) in [4.78, 5) is 4.45. The number of rotatable bonds is 7. The average molecular weight is 238 g/mol. The van der Waals surface area contributed by atoms with Crippen LogP contribution in [-0.4, -0.2) is 24.8 Å². The summed E-state index contributed by atoms with van der Waals surface area (Å²) in [5.74, 6) is 1.01. The summed E-state index contributed by atoms with van der Waals surface area (Å²) in [7, 11) is 0. The molecule has 1 rings (SSSR count). The quantitative estimate of drug-likeness (QED) is 0.739. The van der Waals surface area contributed by atoms with Gasteiger partial charge >= 0.3 is 0 Å². The van der Waals surface area contributed by atoms with E-state index < -0.39 is 0 Å². The van der Waals surface area contributed by atoms with Crippen molar-refractivity contribution < 1.29 is 9.47 Å². The smallest absolute Gasteiger partial charge is 0.213 e. The van der Waals surface area contributed by atoms with Crippen LogP contribution in [0.1, 0.15) is 37.9 Å². The van der Waals surface area contributed by atoms with Crippen LogP contribution >= 0.6 is 0 Å². The Balaban J connectivity index is 2.66. The molecule has 0 aliphatic heterocycles. The molecule has 0 fully saturated rings. The topological polar surface area (TPSA) is 57.4 Å². The Morgan fingerprint density at radius 1 is 1.29 bits per heavy atom. The monoisotopic (exact) mass is 238 g/mol. The van der Waals surface area contributed by atoms with Gasteiger partial charge < -0.3 is 15.2 Å². The highest BCUT2D eigenvalue weighted by Gasteiger charge is 2.06. The van der Waals surface area contributed by atoms with Crippen molar-refractivity contribution in [3.63, 3.8) is 0 Å². The molecule has 0 bridgehead atoms. The van der Waals surface area contributed by atoms with Crippen LogP contribution in [0.2, 0.25) is 0 Å². The maximum absolute atomic E-state index is 5.66. The summed E-state index contributed by atoms with van der Waals surface area (Å²) in [6.45, 7) is 8.48. The van der Waals surface area contributed by atoms with E-state index in [1.165, 1.54) is 0 Å². The highest BCUT2D eigenvalue weighted by molar-refractivity contribution is 5.26. The number of pyridine rings is 1. The van der Waals surface area contributed by atoms with E-state index in [2.05, 4.69) is 18.8 Å². The second kappa shape index (κ2) is 7.25. The molecule has 4 heteroatoms. The van der Waals surface area contributed by atoms with Gasteiger partial charge in [0, 0.05) is 24.9 Å². The number of aromatic nitrogens is 1. The van der Waals surface area contributed by atoms with E-state index in [4.69, 9.17) is 15.2 Å². The second-order valence-electron chi connectivity index (χ2n) is 4.14. The van der Waals surface area contributed by atoms with Crippen molar-refractivity contribution >= 4 is 0 Å². The first kappa shape index (κ1) is 13.9. The lowest BCUT2D eigenvalue weighted by molar-refractivity contribution is 0.108. The fourth-order valence-corrected chi connectivity index (χ4v) is 1.42. The molecule has 17 heavy (non-hydrogen) atoms. The van der Waals surface area contributed by atoms with E-state index in [0.717, 1.165) is 11.3 Å². The van der Waals surface area contributed by atoms with Gasteiger partial charge in [0.1, 0.15) is 6.61 Å². The highest BCUT2D eigenvalue weighted by Crippen LogP contribution is 2.18. The summed E-state index contributed by atoms with van der Waals surface area (Å²) in [5.41, 5.74) is 7.72. The van der Waals surface area contributed by atoms with Crippen molar-refractivity contribution in [1.82, 2.24) is 4.98 Å². The highest BCUT2D eigenvalue weighted by atomic mass is 16.5. The van der Waals surface area contributed by atoms with E-state index in [1.54, 1.807) is 0 Å². The van der Waals surface area contributed by atoms with Gasteiger partial charge in [0.05, 0.1) is 6.61 Å². The minimum Gasteiger partial charge on any atom is -0.475 e. The lowest BCUT2D eigenvalue weighted by atomic mass is 10.1. The molecular weight excluding hydrogens is 216 g/mol. The number of hydrogen-bond acceptors (Lipinski definition) is 4. The van der Waals surface area contributed by atoms with Crippen LogP contribution in [0.3, 0.4) is 0 Å². The van der Waals surface area contributed by atoms with Crippen LogP contribution in [0.5, 0.6) is 5.88 Å². The molecule has 0 amide bonds. The van der Waals surface area contributed by atoms with Crippen molar-refractivity contribution in [1.29, 1.82) is 0 Å². The summed E-state index contributed by atoms with van der Waals surface area (Å²) < 4.78 is 10.8. The molecule has 96 valence electrons. The summed E-state index contributed by atoms with van der Waals surface area (Å²) >= 11 is 0. The van der Waals surface area contributed by atoms with Crippen LogP contribution in [-0.2, 0) is 11.3 Å². The number of hydrogen-bond donors (Lipinski definition) is 1. The Morgan fingerprint density at radius 3 is 2.65 bits per heavy atom. The third-order valence-electron chi connectivity index (χ3n) is 2.39. The Morgan fingerprint density at radius 2 is 2.06 bits per heavy atom. The zero-order chi connectivity index (χ0) is 12.7. The number of ether oxygens (including phenoxy) is 2. The summed E-state index contributed by atoms with van der Waals surface area (Å²) in [6.07, 6.45) is 0. The van der Waals surface area contributed by atoms with Gasteiger partial charge in [-0.2, -0.15) is 0 Å². The molecule has 2 N–H and O–H groups in total. The number of nitrogens with zero attached hydrogens (tertiary/aromatic N) is 1.